The highest BCUT2D eigenvalue weighted by Crippen LogP contribution is 2.47. The molecule has 8 heteroatoms. The first kappa shape index (κ1) is 22.7. The quantitative estimate of drug-likeness (QED) is 0.108. The van der Waals surface area contributed by atoms with Crippen LogP contribution in [0.1, 0.15) is 0 Å². The average Bonchev–Trinajstić information content (AvgIpc) is 2.88. The Kier molecular flexibility index (Phi) is 5.39. The average molecular weight is 486 g/mol. The third-order valence-electron chi connectivity index (χ3n) is 5.91. The largest absolute Gasteiger partial charge is 0.497 e. The molecule has 0 unspecified atom stereocenters. The van der Waals surface area contributed by atoms with Gasteiger partial charge in [-0.2, -0.15) is 0 Å². The van der Waals surface area contributed by atoms with Crippen molar-refractivity contribution >= 4 is 21.5 Å². The van der Waals surface area contributed by atoms with Crippen molar-refractivity contribution in [3.63, 3.8) is 0 Å². The smallest absolute Gasteiger partial charge is 0.200 e. The Morgan fingerprint density at radius 3 is 1.46 bits per heavy atom. The van der Waals surface area contributed by atoms with Crippen molar-refractivity contribution in [1.29, 1.82) is 0 Å². The monoisotopic (exact) mass is 486 g/mol. The summed E-state index contributed by atoms with van der Waals surface area (Å²) in [5.41, 5.74) is -1.38. The summed E-state index contributed by atoms with van der Waals surface area (Å²) >= 11 is 0. The number of rotatable bonds is 3. The molecule has 0 aliphatic rings. The normalized spacial score (nSPS) is 11.4. The molecule has 176 valence electrons. The molecule has 5 aromatic carbocycles. The van der Waals surface area contributed by atoms with E-state index in [9.17, 15) is 22.0 Å². The lowest BCUT2D eigenvalue weighted by Crippen LogP contribution is -2.06. The van der Waals surface area contributed by atoms with Gasteiger partial charge in [-0.05, 0) is 40.6 Å². The van der Waals surface area contributed by atoms with Crippen molar-refractivity contribution < 1.29 is 35.5 Å². The molecule has 0 N–H and O–H groups in total. The highest BCUT2D eigenvalue weighted by atomic mass is 19.2. The topological polar surface area (TPSA) is 9.23 Å². The van der Waals surface area contributed by atoms with E-state index >= 15 is 8.78 Å². The van der Waals surface area contributed by atoms with E-state index in [2.05, 4.69) is 0 Å². The zero-order chi connectivity index (χ0) is 25.0. The van der Waals surface area contributed by atoms with Crippen molar-refractivity contribution in [1.82, 2.24) is 0 Å². The summed E-state index contributed by atoms with van der Waals surface area (Å²) in [6, 6.07) is 13.8. The van der Waals surface area contributed by atoms with E-state index in [1.165, 1.54) is 25.3 Å². The van der Waals surface area contributed by atoms with Crippen LogP contribution in [-0.2, 0) is 0 Å². The van der Waals surface area contributed by atoms with E-state index in [1.54, 1.807) is 30.3 Å². The SMILES string of the molecule is COc1ccc(-c2c3ccccc3c(-c3c(F)c(F)c(F)c(F)c3F)c3c(F)ccc(F)c23)cc1. The number of benzene rings is 5. The van der Waals surface area contributed by atoms with Gasteiger partial charge in [0.2, 0.25) is 5.82 Å². The molecule has 0 spiro atoms. The molecule has 0 amide bonds. The van der Waals surface area contributed by atoms with Crippen LogP contribution in [0.15, 0.2) is 60.7 Å². The van der Waals surface area contributed by atoms with Crippen LogP contribution >= 0.6 is 0 Å². The van der Waals surface area contributed by atoms with Crippen molar-refractivity contribution in [3.8, 4) is 28.0 Å². The Hall–Kier alpha value is -4.07. The van der Waals surface area contributed by atoms with Gasteiger partial charge in [0.15, 0.2) is 23.3 Å². The van der Waals surface area contributed by atoms with Crippen LogP contribution in [-0.4, -0.2) is 7.11 Å². The summed E-state index contributed by atoms with van der Waals surface area (Å²) in [4.78, 5) is 0. The molecule has 35 heavy (non-hydrogen) atoms. The van der Waals surface area contributed by atoms with E-state index in [1.807, 2.05) is 0 Å². The Bertz CT molecular complexity index is 1610. The van der Waals surface area contributed by atoms with Crippen LogP contribution < -0.4 is 4.74 Å². The number of halogens is 7. The third kappa shape index (κ3) is 3.31. The maximum Gasteiger partial charge on any atom is 0.200 e. The molecule has 0 saturated heterocycles. The van der Waals surface area contributed by atoms with Crippen molar-refractivity contribution in [2.75, 3.05) is 7.11 Å². The lowest BCUT2D eigenvalue weighted by molar-refractivity contribution is 0.381. The maximum absolute atomic E-state index is 15.3. The van der Waals surface area contributed by atoms with Crippen LogP contribution in [0, 0.1) is 40.7 Å². The fraction of sp³-hybridized carbons (Fsp3) is 0.0370. The van der Waals surface area contributed by atoms with Gasteiger partial charge >= 0.3 is 0 Å². The fourth-order valence-electron chi connectivity index (χ4n) is 4.37. The van der Waals surface area contributed by atoms with Gasteiger partial charge in [0, 0.05) is 21.9 Å². The Labute approximate surface area is 194 Å². The summed E-state index contributed by atoms with van der Waals surface area (Å²) in [5, 5.41) is -0.794. The number of ether oxygens (including phenoxy) is 1. The van der Waals surface area contributed by atoms with Gasteiger partial charge in [0.1, 0.15) is 17.4 Å². The molecular formula is C27H13F7O. The molecule has 0 heterocycles. The minimum Gasteiger partial charge on any atom is -0.497 e. The number of hydrogen-bond acceptors (Lipinski definition) is 1. The zero-order valence-corrected chi connectivity index (χ0v) is 17.8. The molecule has 5 aromatic rings. The van der Waals surface area contributed by atoms with Crippen LogP contribution in [0.2, 0.25) is 0 Å². The van der Waals surface area contributed by atoms with E-state index in [0.29, 0.717) is 11.3 Å². The van der Waals surface area contributed by atoms with Crippen LogP contribution in [0.5, 0.6) is 5.75 Å². The molecule has 5 rings (SSSR count). The maximum atomic E-state index is 15.3. The molecule has 0 aliphatic heterocycles. The summed E-state index contributed by atoms with van der Waals surface area (Å²) < 4.78 is 108. The lowest BCUT2D eigenvalue weighted by Gasteiger charge is -2.19. The number of hydrogen-bond donors (Lipinski definition) is 0. The standard InChI is InChI=1S/C27H13F7O/c1-35-13-8-6-12(7-9-13)18-14-4-2-3-5-15(14)19(21-17(29)11-10-16(28)20(18)21)22-23(30)25(32)27(34)26(33)24(22)31/h2-11H,1H3. The highest BCUT2D eigenvalue weighted by Gasteiger charge is 2.31. The number of fused-ring (bicyclic) bond motifs is 2. The van der Waals surface area contributed by atoms with Gasteiger partial charge < -0.3 is 4.74 Å². The van der Waals surface area contributed by atoms with E-state index in [0.717, 1.165) is 12.1 Å². The predicted octanol–water partition coefficient (Wildman–Crippen LogP) is 8.31. The van der Waals surface area contributed by atoms with Gasteiger partial charge in [-0.15, -0.1) is 0 Å². The molecule has 0 aromatic heterocycles. The van der Waals surface area contributed by atoms with E-state index in [-0.39, 0.29) is 21.7 Å². The first-order valence-corrected chi connectivity index (χ1v) is 10.2. The Morgan fingerprint density at radius 2 is 0.943 bits per heavy atom. The molecule has 0 aliphatic carbocycles. The van der Waals surface area contributed by atoms with Gasteiger partial charge in [0.05, 0.1) is 12.7 Å². The zero-order valence-electron chi connectivity index (χ0n) is 17.8. The highest BCUT2D eigenvalue weighted by molar-refractivity contribution is 6.21. The first-order chi connectivity index (χ1) is 16.8. The second-order valence-electron chi connectivity index (χ2n) is 7.75. The van der Waals surface area contributed by atoms with E-state index < -0.39 is 57.2 Å². The summed E-state index contributed by atoms with van der Waals surface area (Å²) in [5.74, 6) is -12.6. The summed E-state index contributed by atoms with van der Waals surface area (Å²) in [6.45, 7) is 0. The first-order valence-electron chi connectivity index (χ1n) is 10.2. The summed E-state index contributed by atoms with van der Waals surface area (Å²) in [7, 11) is 1.45. The molecule has 0 atom stereocenters. The van der Waals surface area contributed by atoms with Gasteiger partial charge in [-0.1, -0.05) is 36.4 Å². The third-order valence-corrected chi connectivity index (χ3v) is 5.91. The van der Waals surface area contributed by atoms with Crippen molar-refractivity contribution in [2.45, 2.75) is 0 Å². The minimum atomic E-state index is -2.35. The Morgan fingerprint density at radius 1 is 0.486 bits per heavy atom. The molecule has 0 saturated carbocycles. The molecule has 1 nitrogen and oxygen atoms in total. The lowest BCUT2D eigenvalue weighted by atomic mass is 9.85. The van der Waals surface area contributed by atoms with Crippen LogP contribution in [0.3, 0.4) is 0 Å². The van der Waals surface area contributed by atoms with Gasteiger partial charge in [0.25, 0.3) is 0 Å². The second kappa shape index (κ2) is 8.30. The molecule has 0 bridgehead atoms. The fourth-order valence-corrected chi connectivity index (χ4v) is 4.37. The Balaban J connectivity index is 2.07. The van der Waals surface area contributed by atoms with Gasteiger partial charge in [-0.25, -0.2) is 30.7 Å². The molecular weight excluding hydrogens is 473 g/mol. The van der Waals surface area contributed by atoms with E-state index in [4.69, 9.17) is 4.74 Å². The molecule has 0 fully saturated rings. The second-order valence-corrected chi connectivity index (χ2v) is 7.75. The van der Waals surface area contributed by atoms with Gasteiger partial charge in [-0.3, -0.25) is 0 Å². The van der Waals surface area contributed by atoms with Crippen molar-refractivity contribution in [2.24, 2.45) is 0 Å². The van der Waals surface area contributed by atoms with Crippen LogP contribution in [0.25, 0.3) is 43.8 Å². The predicted molar refractivity (Wildman–Crippen MR) is 119 cm³/mol. The minimum absolute atomic E-state index is 0.0291. The van der Waals surface area contributed by atoms with Crippen molar-refractivity contribution in [3.05, 3.63) is 101 Å². The van der Waals surface area contributed by atoms with Crippen LogP contribution in [0.4, 0.5) is 30.7 Å². The number of methoxy groups -OCH3 is 1. The molecule has 0 radical (unpaired) electrons. The summed E-state index contributed by atoms with van der Waals surface area (Å²) in [6.07, 6.45) is 0.